The summed E-state index contributed by atoms with van der Waals surface area (Å²) >= 11 is 0. The molecule has 1 aromatic heterocycles. The Morgan fingerprint density at radius 2 is 2.20 bits per heavy atom. The molecule has 0 radical (unpaired) electrons. The zero-order valence-electron chi connectivity index (χ0n) is 12.6. The van der Waals surface area contributed by atoms with Gasteiger partial charge in [-0.25, -0.2) is 9.97 Å². The first kappa shape index (κ1) is 15.0. The molecule has 2 rings (SSSR count). The molecule has 112 valence electrons. The Bertz CT molecular complexity index is 424. The summed E-state index contributed by atoms with van der Waals surface area (Å²) in [5, 5.41) is 13.0. The molecule has 1 saturated heterocycles. The van der Waals surface area contributed by atoms with E-state index in [0.29, 0.717) is 0 Å². The molecular formula is C15H26N4O. The van der Waals surface area contributed by atoms with Crippen LogP contribution in [0.25, 0.3) is 0 Å². The summed E-state index contributed by atoms with van der Waals surface area (Å²) in [4.78, 5) is 11.1. The Hall–Kier alpha value is -1.36. The number of anilines is 2. The number of nitrogens with zero attached hydrogens (tertiary/aromatic N) is 3. The van der Waals surface area contributed by atoms with Gasteiger partial charge in [0.25, 0.3) is 0 Å². The van der Waals surface area contributed by atoms with Crippen LogP contribution in [0.3, 0.4) is 0 Å². The molecule has 5 nitrogen and oxygen atoms in total. The van der Waals surface area contributed by atoms with Crippen molar-refractivity contribution in [2.45, 2.75) is 52.0 Å². The van der Waals surface area contributed by atoms with Crippen LogP contribution in [0.15, 0.2) is 6.33 Å². The van der Waals surface area contributed by atoms with Crippen LogP contribution in [0.4, 0.5) is 11.6 Å². The standard InChI is InChI=1S/C15H26N4O/c1-3-8-16-14-12(2)15(18-11-17-14)19-9-6-4-5-7-13(19)10-20/h11,13,20H,3-10H2,1-2H3,(H,16,17,18). The van der Waals surface area contributed by atoms with Crippen LogP contribution in [-0.4, -0.2) is 40.8 Å². The molecule has 0 amide bonds. The van der Waals surface area contributed by atoms with E-state index < -0.39 is 0 Å². The maximum atomic E-state index is 9.65. The van der Waals surface area contributed by atoms with Crippen LogP contribution >= 0.6 is 0 Å². The second-order valence-corrected chi connectivity index (χ2v) is 5.48. The Morgan fingerprint density at radius 3 is 2.95 bits per heavy atom. The Morgan fingerprint density at radius 1 is 1.35 bits per heavy atom. The van der Waals surface area contributed by atoms with Crippen LogP contribution in [-0.2, 0) is 0 Å². The third-order valence-electron chi connectivity index (χ3n) is 3.96. The number of aliphatic hydroxyl groups is 1. The number of hydrogen-bond acceptors (Lipinski definition) is 5. The fourth-order valence-corrected chi connectivity index (χ4v) is 2.80. The van der Waals surface area contributed by atoms with Crippen molar-refractivity contribution in [1.29, 1.82) is 0 Å². The predicted molar refractivity (Wildman–Crippen MR) is 82.2 cm³/mol. The SMILES string of the molecule is CCCNc1ncnc(N2CCCCCC2CO)c1C. The van der Waals surface area contributed by atoms with E-state index in [4.69, 9.17) is 0 Å². The highest BCUT2D eigenvalue weighted by Gasteiger charge is 2.23. The molecule has 1 aliphatic heterocycles. The molecule has 1 aromatic rings. The van der Waals surface area contributed by atoms with Crippen molar-refractivity contribution >= 4 is 11.6 Å². The molecule has 1 atom stereocenters. The van der Waals surface area contributed by atoms with Gasteiger partial charge in [0.1, 0.15) is 18.0 Å². The number of rotatable bonds is 5. The van der Waals surface area contributed by atoms with Crippen molar-refractivity contribution in [2.75, 3.05) is 29.9 Å². The molecule has 0 saturated carbocycles. The minimum atomic E-state index is 0.185. The summed E-state index contributed by atoms with van der Waals surface area (Å²) in [5.74, 6) is 1.89. The Balaban J connectivity index is 2.25. The number of nitrogens with one attached hydrogen (secondary N) is 1. The number of aromatic nitrogens is 2. The van der Waals surface area contributed by atoms with Crippen molar-refractivity contribution in [3.63, 3.8) is 0 Å². The monoisotopic (exact) mass is 278 g/mol. The largest absolute Gasteiger partial charge is 0.394 e. The quantitative estimate of drug-likeness (QED) is 0.865. The van der Waals surface area contributed by atoms with E-state index in [9.17, 15) is 5.11 Å². The van der Waals surface area contributed by atoms with Gasteiger partial charge in [-0.3, -0.25) is 0 Å². The summed E-state index contributed by atoms with van der Waals surface area (Å²) in [5.41, 5.74) is 1.08. The second kappa shape index (κ2) is 7.43. The van der Waals surface area contributed by atoms with Gasteiger partial charge >= 0.3 is 0 Å². The molecule has 0 bridgehead atoms. The van der Waals surface area contributed by atoms with Gasteiger partial charge in [-0.05, 0) is 26.2 Å². The van der Waals surface area contributed by atoms with Crippen molar-refractivity contribution < 1.29 is 5.11 Å². The molecule has 2 heterocycles. The van der Waals surface area contributed by atoms with Crippen molar-refractivity contribution in [3.8, 4) is 0 Å². The van der Waals surface area contributed by atoms with Gasteiger partial charge < -0.3 is 15.3 Å². The normalized spacial score (nSPS) is 19.8. The molecule has 5 heteroatoms. The fraction of sp³-hybridized carbons (Fsp3) is 0.733. The molecular weight excluding hydrogens is 252 g/mol. The summed E-state index contributed by atoms with van der Waals surface area (Å²) in [6, 6.07) is 0.185. The average molecular weight is 278 g/mol. The zero-order valence-corrected chi connectivity index (χ0v) is 12.6. The molecule has 0 aliphatic carbocycles. The van der Waals surface area contributed by atoms with Gasteiger partial charge in [0.2, 0.25) is 0 Å². The maximum Gasteiger partial charge on any atom is 0.137 e. The second-order valence-electron chi connectivity index (χ2n) is 5.48. The summed E-state index contributed by atoms with van der Waals surface area (Å²) in [6.07, 6.45) is 7.32. The lowest BCUT2D eigenvalue weighted by molar-refractivity contribution is 0.254. The molecule has 0 aromatic carbocycles. The first-order chi connectivity index (χ1) is 9.77. The van der Waals surface area contributed by atoms with Crippen LogP contribution in [0.5, 0.6) is 0 Å². The van der Waals surface area contributed by atoms with Gasteiger partial charge in [-0.2, -0.15) is 0 Å². The lowest BCUT2D eigenvalue weighted by Crippen LogP contribution is -2.38. The van der Waals surface area contributed by atoms with E-state index in [2.05, 4.69) is 34.0 Å². The van der Waals surface area contributed by atoms with E-state index in [1.165, 1.54) is 12.8 Å². The highest BCUT2D eigenvalue weighted by Crippen LogP contribution is 2.27. The number of aliphatic hydroxyl groups excluding tert-OH is 1. The molecule has 20 heavy (non-hydrogen) atoms. The average Bonchev–Trinajstić information content (AvgIpc) is 2.71. The van der Waals surface area contributed by atoms with Crippen molar-refractivity contribution in [2.24, 2.45) is 0 Å². The van der Waals surface area contributed by atoms with E-state index in [0.717, 1.165) is 49.6 Å². The maximum absolute atomic E-state index is 9.65. The zero-order chi connectivity index (χ0) is 14.4. The minimum absolute atomic E-state index is 0.185. The van der Waals surface area contributed by atoms with E-state index in [1.807, 2.05) is 0 Å². The molecule has 1 unspecified atom stereocenters. The molecule has 0 spiro atoms. The molecule has 1 aliphatic rings. The first-order valence-corrected chi connectivity index (χ1v) is 7.71. The minimum Gasteiger partial charge on any atom is -0.394 e. The van der Waals surface area contributed by atoms with Gasteiger partial charge in [0.15, 0.2) is 0 Å². The lowest BCUT2D eigenvalue weighted by atomic mass is 10.1. The Kier molecular flexibility index (Phi) is 5.59. The third-order valence-corrected chi connectivity index (χ3v) is 3.96. The third kappa shape index (κ3) is 3.39. The highest BCUT2D eigenvalue weighted by molar-refractivity contribution is 5.58. The number of hydrogen-bond donors (Lipinski definition) is 2. The van der Waals surface area contributed by atoms with Gasteiger partial charge in [-0.15, -0.1) is 0 Å². The van der Waals surface area contributed by atoms with Crippen molar-refractivity contribution in [1.82, 2.24) is 9.97 Å². The van der Waals surface area contributed by atoms with Crippen LogP contribution in [0, 0.1) is 6.92 Å². The van der Waals surface area contributed by atoms with E-state index in [-0.39, 0.29) is 12.6 Å². The van der Waals surface area contributed by atoms with E-state index in [1.54, 1.807) is 6.33 Å². The highest BCUT2D eigenvalue weighted by atomic mass is 16.3. The van der Waals surface area contributed by atoms with Crippen LogP contribution in [0.1, 0.15) is 44.6 Å². The van der Waals surface area contributed by atoms with Gasteiger partial charge in [0.05, 0.1) is 12.6 Å². The Labute approximate surface area is 121 Å². The summed E-state index contributed by atoms with van der Waals surface area (Å²) in [7, 11) is 0. The van der Waals surface area contributed by atoms with Gasteiger partial charge in [0, 0.05) is 18.7 Å². The topological polar surface area (TPSA) is 61.3 Å². The summed E-state index contributed by atoms with van der Waals surface area (Å²) in [6.45, 7) is 6.28. The summed E-state index contributed by atoms with van der Waals surface area (Å²) < 4.78 is 0. The predicted octanol–water partition coefficient (Wildman–Crippen LogP) is 2.35. The van der Waals surface area contributed by atoms with Gasteiger partial charge in [-0.1, -0.05) is 19.8 Å². The van der Waals surface area contributed by atoms with Crippen LogP contribution < -0.4 is 10.2 Å². The lowest BCUT2D eigenvalue weighted by Gasteiger charge is -2.31. The van der Waals surface area contributed by atoms with E-state index >= 15 is 0 Å². The van der Waals surface area contributed by atoms with Crippen LogP contribution in [0.2, 0.25) is 0 Å². The molecule has 2 N–H and O–H groups in total. The smallest absolute Gasteiger partial charge is 0.137 e. The molecule has 1 fully saturated rings. The van der Waals surface area contributed by atoms with Crippen molar-refractivity contribution in [3.05, 3.63) is 11.9 Å². The first-order valence-electron chi connectivity index (χ1n) is 7.71. The fourth-order valence-electron chi connectivity index (χ4n) is 2.80.